The largest absolute Gasteiger partial charge is 0.333 e. The zero-order valence-electron chi connectivity index (χ0n) is 17.7. The third-order valence-electron chi connectivity index (χ3n) is 6.78. The van der Waals surface area contributed by atoms with Crippen LogP contribution >= 0.6 is 0 Å². The van der Waals surface area contributed by atoms with Crippen molar-refractivity contribution in [2.24, 2.45) is 5.92 Å². The summed E-state index contributed by atoms with van der Waals surface area (Å²) >= 11 is 0. The number of rotatable bonds is 4. The number of halogens is 2. The van der Waals surface area contributed by atoms with E-state index in [2.05, 4.69) is 9.88 Å². The summed E-state index contributed by atoms with van der Waals surface area (Å²) < 4.78 is 26.8. The fraction of sp³-hybridized carbons (Fsp3) is 0.308. The minimum Gasteiger partial charge on any atom is -0.333 e. The number of piperidine rings is 1. The molecular weight excluding hydrogens is 408 g/mol. The molecule has 0 N–H and O–H groups in total. The molecule has 2 fully saturated rings. The Balaban J connectivity index is 1.40. The summed E-state index contributed by atoms with van der Waals surface area (Å²) in [6.07, 6.45) is 2.51. The molecule has 0 aliphatic carbocycles. The molecule has 2 aromatic carbocycles. The molecule has 1 amide bonds. The fourth-order valence-electron chi connectivity index (χ4n) is 5.23. The number of nitrogens with zero attached hydrogens (tertiary/aromatic N) is 3. The van der Waals surface area contributed by atoms with Crippen LogP contribution in [0.3, 0.4) is 0 Å². The van der Waals surface area contributed by atoms with Crippen molar-refractivity contribution < 1.29 is 13.6 Å². The van der Waals surface area contributed by atoms with Gasteiger partial charge in [-0.15, -0.1) is 0 Å². The number of carbonyl (C=O) groups is 1. The molecule has 2 aliphatic heterocycles. The molecule has 164 valence electrons. The van der Waals surface area contributed by atoms with E-state index in [1.165, 1.54) is 24.3 Å². The van der Waals surface area contributed by atoms with Crippen molar-refractivity contribution in [3.63, 3.8) is 0 Å². The van der Waals surface area contributed by atoms with Crippen LogP contribution in [0.5, 0.6) is 0 Å². The molecular formula is C26H25F2N3O. The van der Waals surface area contributed by atoms with E-state index >= 15 is 0 Å². The van der Waals surface area contributed by atoms with E-state index in [1.807, 2.05) is 35.2 Å². The van der Waals surface area contributed by atoms with E-state index in [1.54, 1.807) is 18.3 Å². The first-order chi connectivity index (χ1) is 15.6. The predicted molar refractivity (Wildman–Crippen MR) is 118 cm³/mol. The van der Waals surface area contributed by atoms with Crippen LogP contribution in [0.15, 0.2) is 72.9 Å². The summed E-state index contributed by atoms with van der Waals surface area (Å²) in [5, 5.41) is 0. The van der Waals surface area contributed by atoms with Crippen LogP contribution in [0, 0.1) is 17.6 Å². The summed E-state index contributed by atoms with van der Waals surface area (Å²) in [5.41, 5.74) is 2.59. The van der Waals surface area contributed by atoms with Gasteiger partial charge >= 0.3 is 0 Å². The SMILES string of the molecule is O=C(c1ccccn1)N1C[C@@H](c2ccc(F)cc2)[C@@H]2CN(Cc3ccc(F)cc3)CC[C@@H]21. The van der Waals surface area contributed by atoms with Crippen LogP contribution in [-0.2, 0) is 6.54 Å². The zero-order valence-corrected chi connectivity index (χ0v) is 17.7. The third-order valence-corrected chi connectivity index (χ3v) is 6.78. The van der Waals surface area contributed by atoms with Gasteiger partial charge in [0, 0.05) is 50.3 Å². The van der Waals surface area contributed by atoms with Gasteiger partial charge in [0.25, 0.3) is 5.91 Å². The fourth-order valence-corrected chi connectivity index (χ4v) is 5.23. The third kappa shape index (κ3) is 4.15. The highest BCUT2D eigenvalue weighted by Gasteiger charge is 2.47. The van der Waals surface area contributed by atoms with E-state index in [-0.39, 0.29) is 35.4 Å². The van der Waals surface area contributed by atoms with Gasteiger partial charge in [0.1, 0.15) is 17.3 Å². The zero-order chi connectivity index (χ0) is 22.1. The molecule has 2 aliphatic rings. The molecule has 0 unspecified atom stereocenters. The molecule has 0 saturated carbocycles. The first kappa shape index (κ1) is 20.8. The Kier molecular flexibility index (Phi) is 5.70. The Morgan fingerprint density at radius 1 is 0.938 bits per heavy atom. The Labute approximate surface area is 186 Å². The first-order valence-electron chi connectivity index (χ1n) is 11.0. The number of aromatic nitrogens is 1. The summed E-state index contributed by atoms with van der Waals surface area (Å²) in [4.78, 5) is 21.9. The van der Waals surface area contributed by atoms with E-state index < -0.39 is 0 Å². The molecule has 3 heterocycles. The van der Waals surface area contributed by atoms with E-state index in [4.69, 9.17) is 0 Å². The molecule has 0 radical (unpaired) electrons. The lowest BCUT2D eigenvalue weighted by Gasteiger charge is -2.39. The second kappa shape index (κ2) is 8.79. The van der Waals surface area contributed by atoms with Crippen molar-refractivity contribution in [2.45, 2.75) is 24.9 Å². The Morgan fingerprint density at radius 3 is 2.34 bits per heavy atom. The number of carbonyl (C=O) groups excluding carboxylic acids is 1. The predicted octanol–water partition coefficient (Wildman–Crippen LogP) is 4.49. The van der Waals surface area contributed by atoms with Crippen LogP contribution in [-0.4, -0.2) is 46.4 Å². The molecule has 5 rings (SSSR count). The summed E-state index contributed by atoms with van der Waals surface area (Å²) in [5.74, 6) is -0.168. The van der Waals surface area contributed by atoms with Gasteiger partial charge in [-0.3, -0.25) is 14.7 Å². The van der Waals surface area contributed by atoms with Crippen LogP contribution in [0.25, 0.3) is 0 Å². The minimum atomic E-state index is -0.258. The highest BCUT2D eigenvalue weighted by molar-refractivity contribution is 5.92. The van der Waals surface area contributed by atoms with Gasteiger partial charge in [0.05, 0.1) is 0 Å². The van der Waals surface area contributed by atoms with Crippen LogP contribution < -0.4 is 0 Å². The summed E-state index contributed by atoms with van der Waals surface area (Å²) in [6, 6.07) is 18.8. The molecule has 3 atom stereocenters. The molecule has 0 spiro atoms. The molecule has 3 aromatic rings. The second-order valence-electron chi connectivity index (χ2n) is 8.71. The highest BCUT2D eigenvalue weighted by Crippen LogP contribution is 2.42. The Morgan fingerprint density at radius 2 is 1.66 bits per heavy atom. The lowest BCUT2D eigenvalue weighted by Crippen LogP contribution is -2.47. The normalized spacial score (nSPS) is 23.2. The number of likely N-dealkylation sites (tertiary alicyclic amines) is 2. The second-order valence-corrected chi connectivity index (χ2v) is 8.71. The quantitative estimate of drug-likeness (QED) is 0.608. The van der Waals surface area contributed by atoms with Crippen molar-refractivity contribution in [3.05, 3.63) is 101 Å². The van der Waals surface area contributed by atoms with Gasteiger partial charge in [-0.05, 0) is 53.9 Å². The van der Waals surface area contributed by atoms with Crippen molar-refractivity contribution in [1.29, 1.82) is 0 Å². The van der Waals surface area contributed by atoms with Gasteiger partial charge in [-0.2, -0.15) is 0 Å². The van der Waals surface area contributed by atoms with E-state index in [0.717, 1.165) is 37.2 Å². The topological polar surface area (TPSA) is 36.4 Å². The molecule has 32 heavy (non-hydrogen) atoms. The maximum Gasteiger partial charge on any atom is 0.272 e. The van der Waals surface area contributed by atoms with Crippen molar-refractivity contribution in [1.82, 2.24) is 14.8 Å². The molecule has 2 saturated heterocycles. The summed E-state index contributed by atoms with van der Waals surface area (Å²) in [6.45, 7) is 3.03. The number of fused-ring (bicyclic) bond motifs is 1. The van der Waals surface area contributed by atoms with Crippen molar-refractivity contribution in [3.8, 4) is 0 Å². The molecule has 4 nitrogen and oxygen atoms in total. The van der Waals surface area contributed by atoms with Gasteiger partial charge < -0.3 is 4.90 Å². The minimum absolute atomic E-state index is 0.0443. The van der Waals surface area contributed by atoms with Crippen LogP contribution in [0.4, 0.5) is 8.78 Å². The van der Waals surface area contributed by atoms with Crippen molar-refractivity contribution in [2.75, 3.05) is 19.6 Å². The maximum absolute atomic E-state index is 13.6. The average molecular weight is 434 g/mol. The van der Waals surface area contributed by atoms with Gasteiger partial charge in [0.2, 0.25) is 0 Å². The Bertz CT molecular complexity index is 1070. The molecule has 1 aromatic heterocycles. The monoisotopic (exact) mass is 433 g/mol. The lowest BCUT2D eigenvalue weighted by molar-refractivity contribution is 0.0608. The van der Waals surface area contributed by atoms with Gasteiger partial charge in [-0.25, -0.2) is 8.78 Å². The van der Waals surface area contributed by atoms with E-state index in [0.29, 0.717) is 12.2 Å². The first-order valence-corrected chi connectivity index (χ1v) is 11.0. The highest BCUT2D eigenvalue weighted by atomic mass is 19.1. The number of benzene rings is 2. The number of pyridine rings is 1. The number of hydrogen-bond acceptors (Lipinski definition) is 3. The van der Waals surface area contributed by atoms with Gasteiger partial charge in [0.15, 0.2) is 0 Å². The van der Waals surface area contributed by atoms with Crippen LogP contribution in [0.2, 0.25) is 0 Å². The standard InChI is InChI=1S/C26H25F2N3O/c27-20-8-4-18(5-9-20)15-30-14-12-25-23(16-30)22(19-6-10-21(28)11-7-19)17-31(25)26(32)24-3-1-2-13-29-24/h1-11,13,22-23,25H,12,14-17H2/t22-,23-,25-/m0/s1. The maximum atomic E-state index is 13.6. The van der Waals surface area contributed by atoms with Crippen LogP contribution in [0.1, 0.15) is 34.0 Å². The molecule has 6 heteroatoms. The average Bonchev–Trinajstić information content (AvgIpc) is 3.20. The smallest absolute Gasteiger partial charge is 0.272 e. The lowest BCUT2D eigenvalue weighted by atomic mass is 9.81. The van der Waals surface area contributed by atoms with Gasteiger partial charge in [-0.1, -0.05) is 30.3 Å². The Hall–Kier alpha value is -3.12. The number of hydrogen-bond donors (Lipinski definition) is 0. The molecule has 0 bridgehead atoms. The van der Waals surface area contributed by atoms with Crippen molar-refractivity contribution >= 4 is 5.91 Å². The number of amides is 1. The summed E-state index contributed by atoms with van der Waals surface area (Å²) in [7, 11) is 0. The van der Waals surface area contributed by atoms with E-state index in [9.17, 15) is 13.6 Å².